The van der Waals surface area contributed by atoms with Gasteiger partial charge in [0.15, 0.2) is 6.29 Å². The maximum absolute atomic E-state index is 12.6. The van der Waals surface area contributed by atoms with E-state index in [4.69, 9.17) is 11.6 Å². The molecule has 0 heterocycles. The van der Waals surface area contributed by atoms with Gasteiger partial charge >= 0.3 is 0 Å². The summed E-state index contributed by atoms with van der Waals surface area (Å²) in [7, 11) is 2.94. The topological polar surface area (TPSA) is 57.7 Å². The summed E-state index contributed by atoms with van der Waals surface area (Å²) >= 11 is 9.16. The van der Waals surface area contributed by atoms with E-state index in [1.54, 1.807) is 42.5 Å². The van der Waals surface area contributed by atoms with Crippen LogP contribution in [0.25, 0.3) is 0 Å². The van der Waals surface area contributed by atoms with E-state index in [2.05, 4.69) is 15.9 Å². The van der Waals surface area contributed by atoms with Gasteiger partial charge < -0.3 is 0 Å². The lowest BCUT2D eigenvalue weighted by molar-refractivity contribution is 0.0185. The lowest BCUT2D eigenvalue weighted by atomic mass is 10.1. The Morgan fingerprint density at radius 3 is 2.17 bits per heavy atom. The van der Waals surface area contributed by atoms with E-state index in [0.717, 1.165) is 5.01 Å². The third-order valence-electron chi connectivity index (χ3n) is 3.52. The zero-order valence-electron chi connectivity index (χ0n) is 13.0. The minimum atomic E-state index is -0.460. The highest BCUT2D eigenvalue weighted by Crippen LogP contribution is 2.23. The van der Waals surface area contributed by atoms with Crippen LogP contribution < -0.4 is 0 Å². The van der Waals surface area contributed by atoms with Gasteiger partial charge in [-0.15, -0.1) is 0 Å². The fourth-order valence-corrected chi connectivity index (χ4v) is 2.93. The molecule has 2 aromatic rings. The largest absolute Gasteiger partial charge is 0.298 e. The molecule has 7 heteroatoms. The number of rotatable bonds is 3. The molecule has 0 radical (unpaired) electrons. The molecule has 0 aliphatic heterocycles. The lowest BCUT2D eigenvalue weighted by Gasteiger charge is -2.29. The summed E-state index contributed by atoms with van der Waals surface area (Å²) in [6.45, 7) is 0. The maximum atomic E-state index is 12.6. The highest BCUT2D eigenvalue weighted by Gasteiger charge is 2.24. The number of hydrogen-bond donors (Lipinski definition) is 0. The van der Waals surface area contributed by atoms with Crippen LogP contribution in [-0.2, 0) is 0 Å². The van der Waals surface area contributed by atoms with Gasteiger partial charge in [0.1, 0.15) is 0 Å². The zero-order valence-corrected chi connectivity index (χ0v) is 15.3. The fourth-order valence-electron chi connectivity index (χ4n) is 2.08. The van der Waals surface area contributed by atoms with E-state index in [1.165, 1.54) is 19.1 Å². The maximum Gasteiger partial charge on any atom is 0.273 e. The number of carbonyl (C=O) groups is 3. The first-order chi connectivity index (χ1) is 11.4. The summed E-state index contributed by atoms with van der Waals surface area (Å²) in [6, 6.07) is 11.2. The molecule has 0 saturated heterocycles. The minimum absolute atomic E-state index is 0.227. The number of hydrazine groups is 1. The quantitative estimate of drug-likeness (QED) is 0.574. The predicted octanol–water partition coefficient (Wildman–Crippen LogP) is 3.67. The van der Waals surface area contributed by atoms with Crippen LogP contribution in [0.3, 0.4) is 0 Å². The first kappa shape index (κ1) is 18.2. The molecule has 0 aliphatic rings. The van der Waals surface area contributed by atoms with E-state index in [1.807, 2.05) is 0 Å². The molecule has 2 amide bonds. The zero-order chi connectivity index (χ0) is 17.9. The van der Waals surface area contributed by atoms with E-state index in [-0.39, 0.29) is 11.1 Å². The molecule has 0 fully saturated rings. The van der Waals surface area contributed by atoms with Crippen LogP contribution in [0.15, 0.2) is 46.9 Å². The van der Waals surface area contributed by atoms with Gasteiger partial charge in [0.2, 0.25) is 0 Å². The highest BCUT2D eigenvalue weighted by atomic mass is 79.9. The summed E-state index contributed by atoms with van der Waals surface area (Å²) in [5.41, 5.74) is 0.859. The number of halogens is 2. The third-order valence-corrected chi connectivity index (χ3v) is 4.41. The van der Waals surface area contributed by atoms with Crippen molar-refractivity contribution in [3.63, 3.8) is 0 Å². The van der Waals surface area contributed by atoms with Gasteiger partial charge in [-0.3, -0.25) is 24.4 Å². The van der Waals surface area contributed by atoms with Gasteiger partial charge in [0, 0.05) is 29.2 Å². The van der Waals surface area contributed by atoms with Crippen molar-refractivity contribution < 1.29 is 14.4 Å². The molecule has 0 unspecified atom stereocenters. The normalized spacial score (nSPS) is 10.2. The average Bonchev–Trinajstić information content (AvgIpc) is 2.59. The molecule has 2 rings (SSSR count). The Hall–Kier alpha value is -2.18. The van der Waals surface area contributed by atoms with Crippen molar-refractivity contribution in [2.45, 2.75) is 0 Å². The van der Waals surface area contributed by atoms with E-state index < -0.39 is 11.8 Å². The number of benzene rings is 2. The second-order valence-corrected chi connectivity index (χ2v) is 6.28. The number of nitrogens with zero attached hydrogens (tertiary/aromatic N) is 2. The standard InChI is InChI=1S/C17H14BrClN2O3/c1-20(16(23)13-6-4-3-5-11(13)10-22)21(2)17(24)14-8-7-12(19)9-15(14)18/h3-10H,1-2H3. The number of carbonyl (C=O) groups excluding carboxylic acids is 3. The molecular weight excluding hydrogens is 396 g/mol. The molecule has 0 spiro atoms. The summed E-state index contributed by atoms with van der Waals surface area (Å²) in [5.74, 6) is -0.850. The molecule has 124 valence electrons. The SMILES string of the molecule is CN(C(=O)c1ccc(Cl)cc1Br)N(C)C(=O)c1ccccc1C=O. The summed E-state index contributed by atoms with van der Waals surface area (Å²) in [5, 5.41) is 2.83. The van der Waals surface area contributed by atoms with Gasteiger partial charge in [0.25, 0.3) is 11.8 Å². The Labute approximate surface area is 152 Å². The monoisotopic (exact) mass is 408 g/mol. The second-order valence-electron chi connectivity index (χ2n) is 4.99. The molecule has 5 nitrogen and oxygen atoms in total. The van der Waals surface area contributed by atoms with Crippen molar-refractivity contribution in [3.8, 4) is 0 Å². The smallest absolute Gasteiger partial charge is 0.273 e. The fraction of sp³-hybridized carbons (Fsp3) is 0.118. The van der Waals surface area contributed by atoms with Crippen LogP contribution in [0.4, 0.5) is 0 Å². The molecule has 0 aromatic heterocycles. The second kappa shape index (κ2) is 7.59. The Kier molecular flexibility index (Phi) is 5.75. The highest BCUT2D eigenvalue weighted by molar-refractivity contribution is 9.10. The first-order valence-electron chi connectivity index (χ1n) is 6.92. The van der Waals surface area contributed by atoms with E-state index in [0.29, 0.717) is 21.3 Å². The van der Waals surface area contributed by atoms with Gasteiger partial charge in [-0.05, 0) is 40.2 Å². The van der Waals surface area contributed by atoms with Crippen molar-refractivity contribution in [1.29, 1.82) is 0 Å². The van der Waals surface area contributed by atoms with Gasteiger partial charge in [-0.2, -0.15) is 0 Å². The minimum Gasteiger partial charge on any atom is -0.298 e. The van der Waals surface area contributed by atoms with Gasteiger partial charge in [-0.1, -0.05) is 29.8 Å². The van der Waals surface area contributed by atoms with Crippen molar-refractivity contribution in [1.82, 2.24) is 10.0 Å². The number of amides is 2. The third kappa shape index (κ3) is 3.66. The van der Waals surface area contributed by atoms with E-state index in [9.17, 15) is 14.4 Å². The average molecular weight is 410 g/mol. The molecule has 0 atom stereocenters. The molecule has 0 N–H and O–H groups in total. The lowest BCUT2D eigenvalue weighted by Crippen LogP contribution is -2.45. The number of aldehydes is 1. The molecule has 0 aliphatic carbocycles. The Bertz CT molecular complexity index is 810. The molecule has 0 saturated carbocycles. The van der Waals surface area contributed by atoms with Crippen LogP contribution >= 0.6 is 27.5 Å². The van der Waals surface area contributed by atoms with Crippen LogP contribution in [0, 0.1) is 0 Å². The van der Waals surface area contributed by atoms with Crippen LogP contribution in [-0.4, -0.2) is 42.2 Å². The molecular formula is C17H14BrClN2O3. The van der Waals surface area contributed by atoms with Crippen LogP contribution in [0.2, 0.25) is 5.02 Å². The molecule has 2 aromatic carbocycles. The molecule has 24 heavy (non-hydrogen) atoms. The van der Waals surface area contributed by atoms with Crippen molar-refractivity contribution in [2.24, 2.45) is 0 Å². The van der Waals surface area contributed by atoms with Gasteiger partial charge in [0.05, 0.1) is 11.1 Å². The Balaban J connectivity index is 2.28. The Morgan fingerprint density at radius 2 is 1.58 bits per heavy atom. The number of hydrogen-bond acceptors (Lipinski definition) is 3. The van der Waals surface area contributed by atoms with Crippen molar-refractivity contribution in [3.05, 3.63) is 68.7 Å². The van der Waals surface area contributed by atoms with Crippen LogP contribution in [0.1, 0.15) is 31.1 Å². The summed E-state index contributed by atoms with van der Waals surface area (Å²) < 4.78 is 0.529. The first-order valence-corrected chi connectivity index (χ1v) is 8.09. The van der Waals surface area contributed by atoms with Gasteiger partial charge in [-0.25, -0.2) is 0 Å². The Morgan fingerprint density at radius 1 is 1.00 bits per heavy atom. The van der Waals surface area contributed by atoms with Crippen molar-refractivity contribution >= 4 is 45.6 Å². The van der Waals surface area contributed by atoms with Crippen molar-refractivity contribution in [2.75, 3.05) is 14.1 Å². The predicted molar refractivity (Wildman–Crippen MR) is 95.2 cm³/mol. The van der Waals surface area contributed by atoms with E-state index >= 15 is 0 Å². The summed E-state index contributed by atoms with van der Waals surface area (Å²) in [6.07, 6.45) is 0.610. The van der Waals surface area contributed by atoms with Crippen LogP contribution in [0.5, 0.6) is 0 Å². The molecule has 0 bridgehead atoms. The summed E-state index contributed by atoms with van der Waals surface area (Å²) in [4.78, 5) is 36.3.